The van der Waals surface area contributed by atoms with E-state index in [1.807, 2.05) is 12.1 Å². The summed E-state index contributed by atoms with van der Waals surface area (Å²) in [5.41, 5.74) is 4.30. The highest BCUT2D eigenvalue weighted by Crippen LogP contribution is 2.50. The van der Waals surface area contributed by atoms with Crippen molar-refractivity contribution in [3.63, 3.8) is 0 Å². The summed E-state index contributed by atoms with van der Waals surface area (Å²) in [6.45, 7) is 7.95. The van der Waals surface area contributed by atoms with Crippen LogP contribution < -0.4 is 20.3 Å². The van der Waals surface area contributed by atoms with Crippen molar-refractivity contribution in [1.29, 1.82) is 0 Å². The van der Waals surface area contributed by atoms with E-state index in [-0.39, 0.29) is 29.3 Å². The van der Waals surface area contributed by atoms with Crippen LogP contribution in [0.4, 0.5) is 18.9 Å². The minimum Gasteiger partial charge on any atom is -0.455 e. The maximum absolute atomic E-state index is 15.6. The van der Waals surface area contributed by atoms with Crippen molar-refractivity contribution >= 4 is 22.5 Å². The standard InChI is InChI=1S/C41H44F3N5O2/c1-25(2)31-8-4-5-9-32(31)36(24-45-22-28-7-6-10-34(42)39(28)44)48-29-20-41(21-29)12-15-49(16-13-41)37-19-38(33(26(3)50)18-35(37)43)51-30-17-27-11-14-46-40(27)47-23-30/h4-11,14,17-19,23,25,29,36,45,48H,12-13,15-16,20-22,24H2,1-3H3,(H,46,47)/t36-/m0/s1. The van der Waals surface area contributed by atoms with Crippen LogP contribution in [0.25, 0.3) is 11.0 Å². The first kappa shape index (κ1) is 34.8. The van der Waals surface area contributed by atoms with Crippen molar-refractivity contribution in [3.8, 4) is 11.5 Å². The lowest BCUT2D eigenvalue weighted by Gasteiger charge is -2.53. The molecule has 0 bridgehead atoms. The highest BCUT2D eigenvalue weighted by Gasteiger charge is 2.46. The Balaban J connectivity index is 1.01. The van der Waals surface area contributed by atoms with Gasteiger partial charge in [-0.15, -0.1) is 0 Å². The van der Waals surface area contributed by atoms with Gasteiger partial charge in [0.25, 0.3) is 0 Å². The average molecular weight is 696 g/mol. The number of anilines is 1. The molecular weight excluding hydrogens is 651 g/mol. The first-order chi connectivity index (χ1) is 24.6. The van der Waals surface area contributed by atoms with Gasteiger partial charge < -0.3 is 25.3 Å². The normalized spacial score (nSPS) is 16.5. The fourth-order valence-corrected chi connectivity index (χ4v) is 7.91. The molecule has 3 heterocycles. The number of halogens is 3. The number of benzene rings is 3. The number of piperidine rings is 1. The Kier molecular flexibility index (Phi) is 9.90. The van der Waals surface area contributed by atoms with Crippen LogP contribution in [0.5, 0.6) is 11.5 Å². The number of ketones is 1. The summed E-state index contributed by atoms with van der Waals surface area (Å²) in [6.07, 6.45) is 7.25. The second kappa shape index (κ2) is 14.5. The molecule has 3 N–H and O–H groups in total. The van der Waals surface area contributed by atoms with Crippen LogP contribution in [0.3, 0.4) is 0 Å². The van der Waals surface area contributed by atoms with Crippen molar-refractivity contribution in [1.82, 2.24) is 20.6 Å². The Bertz CT molecular complexity index is 2030. The maximum atomic E-state index is 15.6. The smallest absolute Gasteiger partial charge is 0.163 e. The van der Waals surface area contributed by atoms with E-state index in [4.69, 9.17) is 4.74 Å². The Morgan fingerprint density at radius 1 is 1.00 bits per heavy atom. The SMILES string of the molecule is CC(=O)c1cc(F)c(N2CCC3(CC2)CC(N[C@@H](CNCc2cccc(F)c2F)c2ccccc2C(C)C)C3)cc1Oc1cnc2[nH]ccc2c1. The predicted molar refractivity (Wildman–Crippen MR) is 194 cm³/mol. The van der Waals surface area contributed by atoms with E-state index in [9.17, 15) is 13.6 Å². The van der Waals surface area contributed by atoms with Gasteiger partial charge in [0.15, 0.2) is 17.4 Å². The number of pyridine rings is 1. The summed E-state index contributed by atoms with van der Waals surface area (Å²) in [5, 5.41) is 8.15. The Hall–Kier alpha value is -4.67. The van der Waals surface area contributed by atoms with E-state index in [0.717, 1.165) is 42.8 Å². The monoisotopic (exact) mass is 695 g/mol. The van der Waals surface area contributed by atoms with Crippen molar-refractivity contribution in [2.24, 2.45) is 5.41 Å². The molecule has 1 spiro atoms. The minimum absolute atomic E-state index is 0.0110. The van der Waals surface area contributed by atoms with Crippen molar-refractivity contribution < 1.29 is 22.7 Å². The van der Waals surface area contributed by atoms with E-state index in [2.05, 4.69) is 63.6 Å². The number of H-pyrrole nitrogens is 1. The number of fused-ring (bicyclic) bond motifs is 1. The summed E-state index contributed by atoms with van der Waals surface area (Å²) in [6, 6.07) is 19.7. The number of Topliss-reactive ketones (excluding diaryl/α,β-unsaturated/α-hetero) is 1. The number of hydrogen-bond donors (Lipinski definition) is 3. The fraction of sp³-hybridized carbons (Fsp3) is 0.366. The number of aromatic nitrogens is 2. The number of carbonyl (C=O) groups is 1. The van der Waals surface area contributed by atoms with E-state index >= 15 is 4.39 Å². The van der Waals surface area contributed by atoms with Gasteiger partial charge in [0.2, 0.25) is 0 Å². The molecule has 1 atom stereocenters. The molecule has 51 heavy (non-hydrogen) atoms. The number of carbonyl (C=O) groups excluding carboxylic acids is 1. The number of aromatic amines is 1. The molecule has 2 aliphatic rings. The second-order valence-electron chi connectivity index (χ2n) is 14.5. The summed E-state index contributed by atoms with van der Waals surface area (Å²) in [7, 11) is 0. The molecular formula is C41H44F3N5O2. The van der Waals surface area contributed by atoms with Gasteiger partial charge in [-0.25, -0.2) is 18.2 Å². The molecule has 2 aromatic heterocycles. The van der Waals surface area contributed by atoms with E-state index < -0.39 is 17.5 Å². The zero-order valence-corrected chi connectivity index (χ0v) is 29.2. The van der Waals surface area contributed by atoms with Gasteiger partial charge in [0.05, 0.1) is 17.4 Å². The highest BCUT2D eigenvalue weighted by atomic mass is 19.2. The molecule has 1 aliphatic carbocycles. The van der Waals surface area contributed by atoms with Gasteiger partial charge in [0.1, 0.15) is 23.0 Å². The van der Waals surface area contributed by atoms with Crippen LogP contribution in [0.1, 0.15) is 85.5 Å². The summed E-state index contributed by atoms with van der Waals surface area (Å²) in [4.78, 5) is 22.0. The molecule has 0 amide bonds. The van der Waals surface area contributed by atoms with E-state index in [0.29, 0.717) is 54.3 Å². The first-order valence-electron chi connectivity index (χ1n) is 17.8. The van der Waals surface area contributed by atoms with Crippen molar-refractivity contribution in [3.05, 3.63) is 119 Å². The molecule has 2 fully saturated rings. The number of rotatable bonds is 12. The lowest BCUT2D eigenvalue weighted by molar-refractivity contribution is 0.0465. The quantitative estimate of drug-likeness (QED) is 0.113. The maximum Gasteiger partial charge on any atom is 0.163 e. The number of nitrogens with zero attached hydrogens (tertiary/aromatic N) is 2. The van der Waals surface area contributed by atoms with Gasteiger partial charge >= 0.3 is 0 Å². The van der Waals surface area contributed by atoms with Gasteiger partial charge in [-0.2, -0.15) is 0 Å². The average Bonchev–Trinajstić information content (AvgIpc) is 3.58. The first-order valence-corrected chi connectivity index (χ1v) is 17.8. The van der Waals surface area contributed by atoms with E-state index in [1.54, 1.807) is 24.5 Å². The van der Waals surface area contributed by atoms with Gasteiger partial charge in [-0.1, -0.05) is 50.2 Å². The van der Waals surface area contributed by atoms with Crippen molar-refractivity contribution in [2.45, 2.75) is 71.0 Å². The fourth-order valence-electron chi connectivity index (χ4n) is 7.91. The van der Waals surface area contributed by atoms with Crippen LogP contribution in [0.2, 0.25) is 0 Å². The van der Waals surface area contributed by atoms with Gasteiger partial charge in [-0.05, 0) is 79.3 Å². The molecule has 7 nitrogen and oxygen atoms in total. The molecule has 10 heteroatoms. The van der Waals surface area contributed by atoms with Crippen LogP contribution in [0, 0.1) is 22.9 Å². The molecule has 3 aromatic carbocycles. The van der Waals surface area contributed by atoms with Gasteiger partial charge in [0, 0.05) is 61.5 Å². The predicted octanol–water partition coefficient (Wildman–Crippen LogP) is 8.97. The summed E-state index contributed by atoms with van der Waals surface area (Å²) < 4.78 is 49.9. The molecule has 1 saturated carbocycles. The largest absolute Gasteiger partial charge is 0.455 e. The molecule has 1 aliphatic heterocycles. The van der Waals surface area contributed by atoms with Gasteiger partial charge in [-0.3, -0.25) is 4.79 Å². The van der Waals surface area contributed by atoms with Crippen LogP contribution >= 0.6 is 0 Å². The van der Waals surface area contributed by atoms with Crippen LogP contribution in [0.15, 0.2) is 79.1 Å². The zero-order valence-electron chi connectivity index (χ0n) is 29.2. The number of ether oxygens (including phenoxy) is 1. The third-order valence-electron chi connectivity index (χ3n) is 10.7. The van der Waals surface area contributed by atoms with E-state index in [1.165, 1.54) is 30.2 Å². The third-order valence-corrected chi connectivity index (χ3v) is 10.7. The van der Waals surface area contributed by atoms with Crippen LogP contribution in [-0.2, 0) is 6.54 Å². The Labute approximate surface area is 296 Å². The Morgan fingerprint density at radius 2 is 1.76 bits per heavy atom. The van der Waals surface area contributed by atoms with Crippen LogP contribution in [-0.4, -0.2) is 41.4 Å². The molecule has 0 unspecified atom stereocenters. The molecule has 1 saturated heterocycles. The topological polar surface area (TPSA) is 82.3 Å². The molecule has 7 rings (SSSR count). The minimum atomic E-state index is -0.840. The second-order valence-corrected chi connectivity index (χ2v) is 14.5. The summed E-state index contributed by atoms with van der Waals surface area (Å²) in [5.74, 6) is -1.25. The molecule has 266 valence electrons. The number of nitrogens with one attached hydrogen (secondary N) is 3. The lowest BCUT2D eigenvalue weighted by Crippen LogP contribution is -2.55. The molecule has 5 aromatic rings. The zero-order chi connectivity index (χ0) is 35.7. The summed E-state index contributed by atoms with van der Waals surface area (Å²) >= 11 is 0. The highest BCUT2D eigenvalue weighted by molar-refractivity contribution is 5.97. The van der Waals surface area contributed by atoms with Crippen molar-refractivity contribution in [2.75, 3.05) is 24.5 Å². The molecule has 0 radical (unpaired) electrons. The Morgan fingerprint density at radius 3 is 2.51 bits per heavy atom. The third kappa shape index (κ3) is 7.39. The number of hydrogen-bond acceptors (Lipinski definition) is 6. The lowest BCUT2D eigenvalue weighted by atomic mass is 9.60.